The summed E-state index contributed by atoms with van der Waals surface area (Å²) in [4.78, 5) is 15.9. The molecule has 2 saturated heterocycles. The molecule has 0 radical (unpaired) electrons. The number of nitrogens with two attached hydrogens (primary N) is 1. The minimum absolute atomic E-state index is 0.0425. The maximum Gasteiger partial charge on any atom is 0.351 e. The van der Waals surface area contributed by atoms with Gasteiger partial charge in [0, 0.05) is 25.1 Å². The van der Waals surface area contributed by atoms with Crippen molar-refractivity contribution in [1.29, 1.82) is 0 Å². The molecular formula is C15H23N3O4. The molecule has 0 bridgehead atoms. The first-order valence-corrected chi connectivity index (χ1v) is 7.87. The smallest absolute Gasteiger partial charge is 0.351 e. The molecule has 0 spiro atoms. The van der Waals surface area contributed by atoms with Crippen LogP contribution in [0.1, 0.15) is 39.3 Å². The topological polar surface area (TPSA) is 88.6 Å². The van der Waals surface area contributed by atoms with E-state index in [2.05, 4.69) is 18.8 Å². The predicted molar refractivity (Wildman–Crippen MR) is 80.1 cm³/mol. The molecule has 3 rings (SSSR count). The van der Waals surface area contributed by atoms with E-state index < -0.39 is 11.9 Å². The molecule has 0 aromatic carbocycles. The van der Waals surface area contributed by atoms with E-state index in [1.807, 2.05) is 0 Å². The van der Waals surface area contributed by atoms with Crippen molar-refractivity contribution in [3.8, 4) is 0 Å². The molecule has 2 fully saturated rings. The lowest BCUT2D eigenvalue weighted by molar-refractivity contribution is -0.175. The Kier molecular flexibility index (Phi) is 4.46. The van der Waals surface area contributed by atoms with Crippen LogP contribution in [0.4, 0.5) is 5.82 Å². The molecule has 122 valence electrons. The Balaban J connectivity index is 1.86. The Hall–Kier alpha value is -1.44. The van der Waals surface area contributed by atoms with E-state index in [-0.39, 0.29) is 30.2 Å². The molecule has 2 aliphatic rings. The lowest BCUT2D eigenvalue weighted by Crippen LogP contribution is -2.36. The number of anilines is 1. The zero-order chi connectivity index (χ0) is 15.7. The second-order valence-corrected chi connectivity index (χ2v) is 5.92. The molecule has 2 aliphatic heterocycles. The Labute approximate surface area is 129 Å². The first kappa shape index (κ1) is 15.5. The number of nitrogens with zero attached hydrogens (tertiary/aromatic N) is 2. The van der Waals surface area contributed by atoms with Crippen LogP contribution in [0, 0.1) is 5.92 Å². The molecule has 0 amide bonds. The maximum absolute atomic E-state index is 12.1. The normalized spacial score (nSPS) is 35.1. The van der Waals surface area contributed by atoms with Gasteiger partial charge in [-0.15, -0.1) is 0 Å². The third-order valence-corrected chi connectivity index (χ3v) is 4.42. The first-order chi connectivity index (χ1) is 10.6. The molecule has 1 aromatic rings. The number of nitrogen functional groups attached to an aromatic ring is 1. The number of hydrogen-bond acceptors (Lipinski definition) is 6. The fraction of sp³-hybridized carbons (Fsp3) is 0.733. The van der Waals surface area contributed by atoms with Gasteiger partial charge < -0.3 is 19.9 Å². The Morgan fingerprint density at radius 1 is 1.55 bits per heavy atom. The van der Waals surface area contributed by atoms with Crippen molar-refractivity contribution in [3.63, 3.8) is 0 Å². The van der Waals surface area contributed by atoms with Crippen molar-refractivity contribution in [3.05, 3.63) is 22.7 Å². The van der Waals surface area contributed by atoms with Crippen LogP contribution in [0.3, 0.4) is 0 Å². The minimum atomic E-state index is -0.496. The summed E-state index contributed by atoms with van der Waals surface area (Å²) in [5, 5.41) is 0. The number of hydrogen-bond donors (Lipinski definition) is 1. The number of rotatable bonds is 4. The highest BCUT2D eigenvalue weighted by Gasteiger charge is 2.44. The van der Waals surface area contributed by atoms with Crippen LogP contribution >= 0.6 is 0 Å². The largest absolute Gasteiger partial charge is 0.383 e. The Bertz CT molecular complexity index is 570. The highest BCUT2D eigenvalue weighted by atomic mass is 16.7. The van der Waals surface area contributed by atoms with E-state index >= 15 is 0 Å². The van der Waals surface area contributed by atoms with E-state index in [0.29, 0.717) is 0 Å². The fourth-order valence-electron chi connectivity index (χ4n) is 3.18. The van der Waals surface area contributed by atoms with Crippen molar-refractivity contribution in [2.75, 3.05) is 12.3 Å². The summed E-state index contributed by atoms with van der Waals surface area (Å²) in [7, 11) is 0. The molecule has 7 nitrogen and oxygen atoms in total. The average Bonchev–Trinajstić information content (AvgIpc) is 3.10. The molecule has 0 aliphatic carbocycles. The first-order valence-electron chi connectivity index (χ1n) is 7.87. The molecule has 3 heterocycles. The van der Waals surface area contributed by atoms with Crippen LogP contribution in [-0.4, -0.2) is 34.7 Å². The molecule has 1 aromatic heterocycles. The standard InChI is InChI=1S/C15H23N3O4/c1-3-10-9(2)13(22-12-5-4-8-20-12)14(21-10)18-7-6-11(16)17-15(18)19/h6-7,9-10,12-14H,3-5,8H2,1-2H3,(H2,16,17,19)/t9-,10-,12?,13-,14?/m1/s1. The van der Waals surface area contributed by atoms with Gasteiger partial charge in [0.2, 0.25) is 0 Å². The Morgan fingerprint density at radius 3 is 3.00 bits per heavy atom. The van der Waals surface area contributed by atoms with Gasteiger partial charge in [-0.3, -0.25) is 4.57 Å². The van der Waals surface area contributed by atoms with Gasteiger partial charge in [0.25, 0.3) is 0 Å². The van der Waals surface area contributed by atoms with Gasteiger partial charge >= 0.3 is 5.69 Å². The predicted octanol–water partition coefficient (Wildman–Crippen LogP) is 1.29. The van der Waals surface area contributed by atoms with Gasteiger partial charge in [-0.2, -0.15) is 4.98 Å². The van der Waals surface area contributed by atoms with E-state index in [4.69, 9.17) is 19.9 Å². The summed E-state index contributed by atoms with van der Waals surface area (Å²) in [6.45, 7) is 4.87. The number of ether oxygens (including phenoxy) is 3. The highest BCUT2D eigenvalue weighted by Crippen LogP contribution is 2.38. The quantitative estimate of drug-likeness (QED) is 0.901. The van der Waals surface area contributed by atoms with E-state index in [9.17, 15) is 4.79 Å². The van der Waals surface area contributed by atoms with Crippen LogP contribution in [0.25, 0.3) is 0 Å². The molecule has 2 N–H and O–H groups in total. The van der Waals surface area contributed by atoms with Crippen LogP contribution in [0.5, 0.6) is 0 Å². The third-order valence-electron chi connectivity index (χ3n) is 4.42. The van der Waals surface area contributed by atoms with Crippen molar-refractivity contribution < 1.29 is 14.2 Å². The zero-order valence-corrected chi connectivity index (χ0v) is 13.0. The monoisotopic (exact) mass is 309 g/mol. The lowest BCUT2D eigenvalue weighted by Gasteiger charge is -2.25. The minimum Gasteiger partial charge on any atom is -0.383 e. The summed E-state index contributed by atoms with van der Waals surface area (Å²) >= 11 is 0. The fourth-order valence-corrected chi connectivity index (χ4v) is 3.18. The summed E-state index contributed by atoms with van der Waals surface area (Å²) in [6, 6.07) is 1.60. The second-order valence-electron chi connectivity index (χ2n) is 5.92. The van der Waals surface area contributed by atoms with Crippen LogP contribution in [0.2, 0.25) is 0 Å². The Morgan fingerprint density at radius 2 is 2.36 bits per heavy atom. The summed E-state index contributed by atoms with van der Waals surface area (Å²) in [5.74, 6) is 0.375. The molecule has 7 heteroatoms. The molecule has 22 heavy (non-hydrogen) atoms. The van der Waals surface area contributed by atoms with Crippen molar-refractivity contribution >= 4 is 5.82 Å². The van der Waals surface area contributed by atoms with Crippen molar-refractivity contribution in [2.24, 2.45) is 5.92 Å². The van der Waals surface area contributed by atoms with Gasteiger partial charge in [0.05, 0.1) is 6.10 Å². The summed E-state index contributed by atoms with van der Waals surface area (Å²) in [5.41, 5.74) is 5.14. The SMILES string of the molecule is CC[C@H]1OC(n2ccc(N)nc2=O)[C@H](OC2CCCO2)[C@@H]1C. The lowest BCUT2D eigenvalue weighted by atomic mass is 9.98. The molecular weight excluding hydrogens is 286 g/mol. The molecule has 2 unspecified atom stereocenters. The van der Waals surface area contributed by atoms with Crippen molar-refractivity contribution in [1.82, 2.24) is 9.55 Å². The van der Waals surface area contributed by atoms with E-state index in [1.54, 1.807) is 12.3 Å². The van der Waals surface area contributed by atoms with Crippen LogP contribution in [-0.2, 0) is 14.2 Å². The molecule has 0 saturated carbocycles. The average molecular weight is 309 g/mol. The number of aromatic nitrogens is 2. The van der Waals surface area contributed by atoms with E-state index in [0.717, 1.165) is 25.9 Å². The third kappa shape index (κ3) is 2.88. The maximum atomic E-state index is 12.1. The molecule has 5 atom stereocenters. The summed E-state index contributed by atoms with van der Waals surface area (Å²) in [6.07, 6.45) is 3.44. The zero-order valence-electron chi connectivity index (χ0n) is 13.0. The second kappa shape index (κ2) is 6.36. The van der Waals surface area contributed by atoms with Crippen LogP contribution < -0.4 is 11.4 Å². The van der Waals surface area contributed by atoms with Gasteiger partial charge in [0.1, 0.15) is 11.9 Å². The van der Waals surface area contributed by atoms with Gasteiger partial charge in [-0.25, -0.2) is 4.79 Å². The van der Waals surface area contributed by atoms with Gasteiger partial charge in [0.15, 0.2) is 12.5 Å². The van der Waals surface area contributed by atoms with Gasteiger partial charge in [-0.05, 0) is 18.9 Å². The van der Waals surface area contributed by atoms with Crippen LogP contribution in [0.15, 0.2) is 17.1 Å². The summed E-state index contributed by atoms with van der Waals surface area (Å²) < 4.78 is 19.2. The van der Waals surface area contributed by atoms with E-state index in [1.165, 1.54) is 4.57 Å². The van der Waals surface area contributed by atoms with Gasteiger partial charge in [-0.1, -0.05) is 13.8 Å². The van der Waals surface area contributed by atoms with Crippen molar-refractivity contribution in [2.45, 2.75) is 57.8 Å². The highest BCUT2D eigenvalue weighted by molar-refractivity contribution is 5.23.